The van der Waals surface area contributed by atoms with Gasteiger partial charge in [-0.2, -0.15) is 0 Å². The largest absolute Gasteiger partial charge is 0.436 e. The van der Waals surface area contributed by atoms with E-state index in [9.17, 15) is 10.1 Å². The maximum Gasteiger partial charge on any atom is 0.415 e. The summed E-state index contributed by atoms with van der Waals surface area (Å²) in [6, 6.07) is 4.46. The third kappa shape index (κ3) is 3.54. The third-order valence-electron chi connectivity index (χ3n) is 4.94. The first-order chi connectivity index (χ1) is 12.5. The number of hydrogen-bond acceptors (Lipinski definition) is 7. The highest BCUT2D eigenvalue weighted by atomic mass is 16.6. The van der Waals surface area contributed by atoms with E-state index in [0.29, 0.717) is 12.6 Å². The van der Waals surface area contributed by atoms with Gasteiger partial charge in [0.1, 0.15) is 11.8 Å². The molecule has 2 aliphatic rings. The normalized spacial score (nSPS) is 23.6. The van der Waals surface area contributed by atoms with Crippen LogP contribution in [0.5, 0.6) is 6.01 Å². The van der Waals surface area contributed by atoms with Crippen molar-refractivity contribution in [2.24, 2.45) is 0 Å². The molecule has 9 heteroatoms. The molecule has 4 rings (SSSR count). The van der Waals surface area contributed by atoms with Gasteiger partial charge in [-0.05, 0) is 29.5 Å². The molecule has 0 radical (unpaired) electrons. The monoisotopic (exact) mass is 358 g/mol. The van der Waals surface area contributed by atoms with Crippen molar-refractivity contribution in [2.45, 2.75) is 25.6 Å². The first kappa shape index (κ1) is 16.9. The van der Waals surface area contributed by atoms with Crippen molar-refractivity contribution >= 4 is 5.82 Å². The fourth-order valence-electron chi connectivity index (χ4n) is 3.69. The van der Waals surface area contributed by atoms with Gasteiger partial charge in [0.2, 0.25) is 0 Å². The second-order valence-corrected chi connectivity index (χ2v) is 7.23. The Morgan fingerprint density at radius 3 is 2.58 bits per heavy atom. The lowest BCUT2D eigenvalue weighted by atomic mass is 10.1. The molecule has 1 unspecified atom stereocenters. The Kier molecular flexibility index (Phi) is 4.33. The number of piperazine rings is 1. The summed E-state index contributed by atoms with van der Waals surface area (Å²) in [6.45, 7) is 8.33. The second kappa shape index (κ2) is 6.65. The van der Waals surface area contributed by atoms with E-state index < -0.39 is 10.5 Å². The summed E-state index contributed by atoms with van der Waals surface area (Å²) >= 11 is 0. The molecule has 138 valence electrons. The SMILES string of the molecule is CC1(CN2CCN(Cc3ccncc3)CC2)Cn2cc([N+](=O)[O-])nc2O1. The average molecular weight is 358 g/mol. The summed E-state index contributed by atoms with van der Waals surface area (Å²) in [4.78, 5) is 23.2. The molecule has 0 bridgehead atoms. The summed E-state index contributed by atoms with van der Waals surface area (Å²) in [5.41, 5.74) is 0.886. The van der Waals surface area contributed by atoms with Gasteiger partial charge in [0.25, 0.3) is 0 Å². The average Bonchev–Trinajstić information content (AvgIpc) is 3.13. The van der Waals surface area contributed by atoms with Crippen molar-refractivity contribution in [3.8, 4) is 6.01 Å². The van der Waals surface area contributed by atoms with Gasteiger partial charge in [-0.25, -0.2) is 0 Å². The standard InChI is InChI=1S/C17H22N6O3/c1-17(13-22-11-15(23(24)25)19-16(22)26-17)12-21-8-6-20(7-9-21)10-14-2-4-18-5-3-14/h2-5,11H,6-10,12-13H2,1H3. The van der Waals surface area contributed by atoms with Crippen LogP contribution in [0.3, 0.4) is 0 Å². The summed E-state index contributed by atoms with van der Waals surface area (Å²) < 4.78 is 7.67. The van der Waals surface area contributed by atoms with Crippen LogP contribution < -0.4 is 4.74 Å². The number of rotatable bonds is 5. The predicted octanol–water partition coefficient (Wildman–Crippen LogP) is 1.16. The zero-order valence-electron chi connectivity index (χ0n) is 14.7. The van der Waals surface area contributed by atoms with Crippen molar-refractivity contribution in [3.63, 3.8) is 0 Å². The fourth-order valence-corrected chi connectivity index (χ4v) is 3.69. The number of pyridine rings is 1. The van der Waals surface area contributed by atoms with Gasteiger partial charge >= 0.3 is 11.8 Å². The highest BCUT2D eigenvalue weighted by Gasteiger charge is 2.41. The minimum absolute atomic E-state index is 0.160. The molecule has 1 fully saturated rings. The minimum Gasteiger partial charge on any atom is -0.436 e. The Bertz CT molecular complexity index is 762. The van der Waals surface area contributed by atoms with Crippen LogP contribution in [0.2, 0.25) is 0 Å². The molecule has 0 amide bonds. The molecule has 1 saturated heterocycles. The topological polar surface area (TPSA) is 89.6 Å². The molecule has 26 heavy (non-hydrogen) atoms. The summed E-state index contributed by atoms with van der Waals surface area (Å²) in [7, 11) is 0. The first-order valence-corrected chi connectivity index (χ1v) is 8.75. The Morgan fingerprint density at radius 1 is 1.23 bits per heavy atom. The zero-order valence-corrected chi connectivity index (χ0v) is 14.7. The van der Waals surface area contributed by atoms with Crippen LogP contribution in [0.4, 0.5) is 5.82 Å². The molecule has 4 heterocycles. The number of nitro groups is 1. The molecule has 0 aromatic carbocycles. The lowest BCUT2D eigenvalue weighted by Gasteiger charge is -2.38. The van der Waals surface area contributed by atoms with E-state index in [2.05, 4.69) is 31.9 Å². The molecular formula is C17H22N6O3. The third-order valence-corrected chi connectivity index (χ3v) is 4.94. The van der Waals surface area contributed by atoms with Gasteiger partial charge in [0.15, 0.2) is 0 Å². The number of fused-ring (bicyclic) bond motifs is 1. The van der Waals surface area contributed by atoms with Gasteiger partial charge in [-0.1, -0.05) is 0 Å². The molecular weight excluding hydrogens is 336 g/mol. The molecule has 1 atom stereocenters. The lowest BCUT2D eigenvalue weighted by molar-refractivity contribution is -0.389. The predicted molar refractivity (Wildman–Crippen MR) is 93.9 cm³/mol. The van der Waals surface area contributed by atoms with Crippen LogP contribution in [0, 0.1) is 10.1 Å². The number of hydrogen-bond donors (Lipinski definition) is 0. The summed E-state index contributed by atoms with van der Waals surface area (Å²) in [5.74, 6) is -0.160. The number of nitrogens with zero attached hydrogens (tertiary/aromatic N) is 6. The van der Waals surface area contributed by atoms with E-state index in [0.717, 1.165) is 39.3 Å². The first-order valence-electron chi connectivity index (χ1n) is 8.75. The quantitative estimate of drug-likeness (QED) is 0.585. The van der Waals surface area contributed by atoms with Crippen molar-refractivity contribution in [1.29, 1.82) is 0 Å². The number of imidazole rings is 1. The van der Waals surface area contributed by atoms with E-state index in [-0.39, 0.29) is 5.82 Å². The van der Waals surface area contributed by atoms with Gasteiger partial charge < -0.3 is 14.9 Å². The van der Waals surface area contributed by atoms with Crippen molar-refractivity contribution in [2.75, 3.05) is 32.7 Å². The summed E-state index contributed by atoms with van der Waals surface area (Å²) in [5, 5.41) is 10.8. The Morgan fingerprint density at radius 2 is 1.92 bits per heavy atom. The van der Waals surface area contributed by atoms with Crippen LogP contribution in [0.1, 0.15) is 12.5 Å². The van der Waals surface area contributed by atoms with Gasteiger partial charge in [-0.15, -0.1) is 0 Å². The Labute approximate surface area is 151 Å². The van der Waals surface area contributed by atoms with Gasteiger partial charge in [0, 0.05) is 56.6 Å². The second-order valence-electron chi connectivity index (χ2n) is 7.23. The minimum atomic E-state index is -0.492. The molecule has 2 aromatic heterocycles. The van der Waals surface area contributed by atoms with Crippen molar-refractivity contribution in [1.82, 2.24) is 24.3 Å². The van der Waals surface area contributed by atoms with Crippen molar-refractivity contribution < 1.29 is 9.66 Å². The van der Waals surface area contributed by atoms with Crippen LogP contribution in [0.25, 0.3) is 0 Å². The summed E-state index contributed by atoms with van der Waals surface area (Å²) in [6.07, 6.45) is 5.11. The number of aromatic nitrogens is 3. The van der Waals surface area contributed by atoms with E-state index in [1.807, 2.05) is 19.3 Å². The van der Waals surface area contributed by atoms with E-state index >= 15 is 0 Å². The Hall–Kier alpha value is -2.52. The molecule has 0 spiro atoms. The molecule has 9 nitrogen and oxygen atoms in total. The Balaban J connectivity index is 1.29. The van der Waals surface area contributed by atoms with E-state index in [1.54, 1.807) is 4.57 Å². The molecule has 0 saturated carbocycles. The van der Waals surface area contributed by atoms with Gasteiger partial charge in [-0.3, -0.25) is 19.4 Å². The highest BCUT2D eigenvalue weighted by molar-refractivity contribution is 5.23. The lowest BCUT2D eigenvalue weighted by Crippen LogP contribution is -2.52. The maximum atomic E-state index is 10.8. The zero-order chi connectivity index (χ0) is 18.1. The molecule has 2 aromatic rings. The van der Waals surface area contributed by atoms with Gasteiger partial charge in [0.05, 0.1) is 6.54 Å². The van der Waals surface area contributed by atoms with Crippen LogP contribution in [-0.2, 0) is 13.1 Å². The smallest absolute Gasteiger partial charge is 0.415 e. The number of ether oxygens (including phenoxy) is 1. The molecule has 0 aliphatic carbocycles. The van der Waals surface area contributed by atoms with Crippen molar-refractivity contribution in [3.05, 3.63) is 46.4 Å². The van der Waals surface area contributed by atoms with Crippen LogP contribution in [-0.4, -0.2) is 67.6 Å². The van der Waals surface area contributed by atoms with E-state index in [1.165, 1.54) is 11.8 Å². The highest BCUT2D eigenvalue weighted by Crippen LogP contribution is 2.31. The van der Waals surface area contributed by atoms with Crippen LogP contribution in [0.15, 0.2) is 30.7 Å². The van der Waals surface area contributed by atoms with E-state index in [4.69, 9.17) is 4.74 Å². The fraction of sp³-hybridized carbons (Fsp3) is 0.529. The van der Waals surface area contributed by atoms with Crippen LogP contribution >= 0.6 is 0 Å². The molecule has 2 aliphatic heterocycles. The maximum absolute atomic E-state index is 10.8. The molecule has 0 N–H and O–H groups in total.